The van der Waals surface area contributed by atoms with E-state index in [0.717, 1.165) is 52.7 Å². The van der Waals surface area contributed by atoms with Crippen LogP contribution in [0.4, 0.5) is 4.39 Å². The van der Waals surface area contributed by atoms with Crippen molar-refractivity contribution >= 4 is 28.7 Å². The van der Waals surface area contributed by atoms with Crippen LogP contribution >= 0.6 is 0 Å². The number of pyridine rings is 1. The van der Waals surface area contributed by atoms with Crippen LogP contribution in [0.15, 0.2) is 36.8 Å². The fourth-order valence-electron chi connectivity index (χ4n) is 7.20. The van der Waals surface area contributed by atoms with Crippen LogP contribution in [0.3, 0.4) is 0 Å². The lowest BCUT2D eigenvalue weighted by Gasteiger charge is -2.33. The molecule has 0 bridgehead atoms. The van der Waals surface area contributed by atoms with Crippen molar-refractivity contribution in [3.63, 3.8) is 0 Å². The van der Waals surface area contributed by atoms with Crippen LogP contribution in [0, 0.1) is 11.7 Å². The second kappa shape index (κ2) is 11.4. The van der Waals surface area contributed by atoms with Gasteiger partial charge in [0.1, 0.15) is 6.42 Å². The van der Waals surface area contributed by atoms with E-state index in [0.29, 0.717) is 61.6 Å². The Balaban J connectivity index is 1.38. The van der Waals surface area contributed by atoms with Gasteiger partial charge in [0.2, 0.25) is 5.91 Å². The minimum Gasteiger partial charge on any atom is -0.481 e. The van der Waals surface area contributed by atoms with Gasteiger partial charge in [-0.1, -0.05) is 6.92 Å². The zero-order valence-corrected chi connectivity index (χ0v) is 25.6. The van der Waals surface area contributed by atoms with Gasteiger partial charge in [-0.25, -0.2) is 4.39 Å². The summed E-state index contributed by atoms with van der Waals surface area (Å²) >= 11 is 0. The minimum atomic E-state index is -1.17. The zero-order chi connectivity index (χ0) is 31.4. The molecule has 0 spiro atoms. The van der Waals surface area contributed by atoms with Crippen LogP contribution in [-0.2, 0) is 42.7 Å². The molecule has 1 saturated heterocycles. The largest absolute Gasteiger partial charge is 0.481 e. The van der Waals surface area contributed by atoms with E-state index in [4.69, 9.17) is 0 Å². The van der Waals surface area contributed by atoms with Crippen LogP contribution in [-0.4, -0.2) is 65.1 Å². The van der Waals surface area contributed by atoms with Gasteiger partial charge in [-0.05, 0) is 67.3 Å². The standard InChI is InChI=1S/C34H37FN6O4/c1-3-21-14-36-9-8-25(21)26-11-23(34(45)40-18-24-15-37-38(2)28(24)19-40)12-27-31(35)32(41(33(26)27)16-20-6-7-20)22-5-4-10-39(17-22)29(42)13-30(43)44/h8-9,11-12,14-15,20,22H,3-7,10,13,16-19H2,1-2H3,(H,43,44)/t22-/m0/s1. The number of piperidine rings is 1. The number of carbonyl (C=O) groups excluding carboxylic acids is 2. The van der Waals surface area contributed by atoms with Gasteiger partial charge in [0, 0.05) is 73.6 Å². The van der Waals surface area contributed by atoms with E-state index in [1.165, 1.54) is 0 Å². The molecular formula is C34H37FN6O4. The number of benzene rings is 1. The van der Waals surface area contributed by atoms with Gasteiger partial charge in [-0.2, -0.15) is 5.10 Å². The van der Waals surface area contributed by atoms with Crippen molar-refractivity contribution in [3.05, 3.63) is 70.7 Å². The molecule has 1 aromatic carbocycles. The highest BCUT2D eigenvalue weighted by molar-refractivity contribution is 6.05. The Morgan fingerprint density at radius 3 is 2.62 bits per heavy atom. The minimum absolute atomic E-state index is 0.166. The number of aliphatic carboxylic acids is 1. The number of halogens is 1. The van der Waals surface area contributed by atoms with Gasteiger partial charge in [0.15, 0.2) is 5.82 Å². The van der Waals surface area contributed by atoms with Crippen LogP contribution in [0.5, 0.6) is 0 Å². The third-order valence-corrected chi connectivity index (χ3v) is 9.69. The zero-order valence-electron chi connectivity index (χ0n) is 25.6. The normalized spacial score (nSPS) is 18.1. The number of aromatic nitrogens is 4. The lowest BCUT2D eigenvalue weighted by atomic mass is 9.93. The summed E-state index contributed by atoms with van der Waals surface area (Å²) in [7, 11) is 1.87. The summed E-state index contributed by atoms with van der Waals surface area (Å²) in [4.78, 5) is 45.8. The van der Waals surface area contributed by atoms with Crippen LogP contribution < -0.4 is 0 Å². The molecule has 2 amide bonds. The predicted octanol–water partition coefficient (Wildman–Crippen LogP) is 4.89. The van der Waals surface area contributed by atoms with Gasteiger partial charge in [-0.15, -0.1) is 0 Å². The third-order valence-electron chi connectivity index (χ3n) is 9.69. The molecule has 2 fully saturated rings. The molecule has 2 aliphatic heterocycles. The molecule has 7 rings (SSSR count). The van der Waals surface area contributed by atoms with Crippen molar-refractivity contribution in [3.8, 4) is 11.1 Å². The van der Waals surface area contributed by atoms with E-state index in [2.05, 4.69) is 21.6 Å². The first-order valence-electron chi connectivity index (χ1n) is 15.8. The molecule has 4 aromatic rings. The summed E-state index contributed by atoms with van der Waals surface area (Å²) in [5.41, 5.74) is 6.46. The fourth-order valence-corrected chi connectivity index (χ4v) is 7.20. The fraction of sp³-hybridized carbons (Fsp3) is 0.441. The molecule has 234 valence electrons. The van der Waals surface area contributed by atoms with E-state index in [1.54, 1.807) is 32.9 Å². The number of aryl methyl sites for hydroxylation is 2. The predicted molar refractivity (Wildman–Crippen MR) is 165 cm³/mol. The van der Waals surface area contributed by atoms with Crippen molar-refractivity contribution < 1.29 is 23.9 Å². The molecule has 0 unspecified atom stereocenters. The van der Waals surface area contributed by atoms with Gasteiger partial charge in [0.25, 0.3) is 5.91 Å². The highest BCUT2D eigenvalue weighted by Gasteiger charge is 2.35. The molecule has 1 saturated carbocycles. The van der Waals surface area contributed by atoms with Crippen molar-refractivity contribution in [1.29, 1.82) is 0 Å². The molecule has 3 aromatic heterocycles. The number of carbonyl (C=O) groups is 3. The number of carboxylic acid groups (broad SMARTS) is 1. The van der Waals surface area contributed by atoms with Crippen molar-refractivity contribution in [2.24, 2.45) is 13.0 Å². The van der Waals surface area contributed by atoms with Crippen molar-refractivity contribution in [2.45, 2.75) is 71.0 Å². The summed E-state index contributed by atoms with van der Waals surface area (Å²) in [6, 6.07) is 5.56. The molecule has 0 radical (unpaired) electrons. The number of nitrogens with zero attached hydrogens (tertiary/aromatic N) is 6. The molecule has 1 atom stereocenters. The third kappa shape index (κ3) is 5.27. The molecule has 3 aliphatic rings. The Kier molecular flexibility index (Phi) is 7.41. The number of rotatable bonds is 8. The van der Waals surface area contributed by atoms with Gasteiger partial charge < -0.3 is 19.5 Å². The summed E-state index contributed by atoms with van der Waals surface area (Å²) in [5.74, 6) is -2.00. The first-order valence-corrected chi connectivity index (χ1v) is 15.8. The highest BCUT2D eigenvalue weighted by Crippen LogP contribution is 2.43. The van der Waals surface area contributed by atoms with E-state index in [-0.39, 0.29) is 24.2 Å². The average molecular weight is 613 g/mol. The summed E-state index contributed by atoms with van der Waals surface area (Å²) in [6.45, 7) is 4.32. The maximum atomic E-state index is 17.0. The van der Waals surface area contributed by atoms with E-state index in [9.17, 15) is 19.5 Å². The topological polar surface area (TPSA) is 114 Å². The average Bonchev–Trinajstić information content (AvgIpc) is 3.55. The van der Waals surface area contributed by atoms with Crippen molar-refractivity contribution in [1.82, 2.24) is 29.1 Å². The second-order valence-electron chi connectivity index (χ2n) is 12.7. The summed E-state index contributed by atoms with van der Waals surface area (Å²) in [6.07, 6.45) is 8.99. The van der Waals surface area contributed by atoms with Crippen molar-refractivity contribution in [2.75, 3.05) is 13.1 Å². The molecule has 45 heavy (non-hydrogen) atoms. The lowest BCUT2D eigenvalue weighted by Crippen LogP contribution is -2.40. The van der Waals surface area contributed by atoms with Crippen LogP contribution in [0.2, 0.25) is 0 Å². The Hall–Kier alpha value is -4.54. The Labute approximate surface area is 260 Å². The lowest BCUT2D eigenvalue weighted by molar-refractivity contribution is -0.144. The molecule has 5 heterocycles. The highest BCUT2D eigenvalue weighted by atomic mass is 19.1. The Morgan fingerprint density at radius 2 is 1.89 bits per heavy atom. The van der Waals surface area contributed by atoms with Gasteiger partial charge in [0.05, 0.1) is 29.6 Å². The molecular weight excluding hydrogens is 575 g/mol. The number of amides is 2. The van der Waals surface area contributed by atoms with E-state index in [1.807, 2.05) is 25.4 Å². The maximum absolute atomic E-state index is 17.0. The summed E-state index contributed by atoms with van der Waals surface area (Å²) < 4.78 is 20.9. The number of carboxylic acids is 1. The monoisotopic (exact) mass is 612 g/mol. The Morgan fingerprint density at radius 1 is 1.07 bits per heavy atom. The SMILES string of the molecule is CCc1cnccc1-c1cc(C(=O)N2Cc3cnn(C)c3C2)cc2c(F)c([C@H]3CCCN(C(=O)CC(=O)O)C3)n(CC3CC3)c12. The maximum Gasteiger partial charge on any atom is 0.312 e. The van der Waals surface area contributed by atoms with Gasteiger partial charge in [-0.3, -0.25) is 24.0 Å². The van der Waals surface area contributed by atoms with Crippen LogP contribution in [0.1, 0.15) is 77.8 Å². The first kappa shape index (κ1) is 29.2. The molecule has 11 heteroatoms. The number of likely N-dealkylation sites (tertiary alicyclic amines) is 1. The number of hydrogen-bond donors (Lipinski definition) is 1. The molecule has 10 nitrogen and oxygen atoms in total. The quantitative estimate of drug-likeness (QED) is 0.284. The Bertz CT molecular complexity index is 1840. The van der Waals surface area contributed by atoms with E-state index >= 15 is 4.39 Å². The second-order valence-corrected chi connectivity index (χ2v) is 12.7. The number of hydrogen-bond acceptors (Lipinski definition) is 5. The molecule has 1 N–H and O–H groups in total. The van der Waals surface area contributed by atoms with Crippen LogP contribution in [0.25, 0.3) is 22.0 Å². The van der Waals surface area contributed by atoms with E-state index < -0.39 is 18.3 Å². The molecule has 1 aliphatic carbocycles. The summed E-state index contributed by atoms with van der Waals surface area (Å²) in [5, 5.41) is 13.9. The smallest absolute Gasteiger partial charge is 0.312 e. The number of fused-ring (bicyclic) bond motifs is 2. The first-order chi connectivity index (χ1) is 21.7. The van der Waals surface area contributed by atoms with Gasteiger partial charge >= 0.3 is 5.97 Å².